The molecule has 4 heterocycles. The van der Waals surface area contributed by atoms with Gasteiger partial charge in [-0.2, -0.15) is 0 Å². The van der Waals surface area contributed by atoms with Crippen LogP contribution in [0.15, 0.2) is 10.7 Å². The monoisotopic (exact) mass is 384 g/mol. The first kappa shape index (κ1) is 19.1. The summed E-state index contributed by atoms with van der Waals surface area (Å²) in [4.78, 5) is 13.7. The zero-order chi connectivity index (χ0) is 19.9. The van der Waals surface area contributed by atoms with Crippen LogP contribution < -0.4 is 5.32 Å². The lowest BCUT2D eigenvalue weighted by Gasteiger charge is -2.33. The normalized spacial score (nSPS) is 17.0. The fourth-order valence-corrected chi connectivity index (χ4v) is 3.89. The molecule has 3 aromatic heterocycles. The Kier molecular flexibility index (Phi) is 4.97. The van der Waals surface area contributed by atoms with Gasteiger partial charge in [0.1, 0.15) is 11.8 Å². The van der Waals surface area contributed by atoms with Crippen molar-refractivity contribution in [3.63, 3.8) is 0 Å². The Morgan fingerprint density at radius 2 is 2.07 bits per heavy atom. The van der Waals surface area contributed by atoms with Crippen molar-refractivity contribution in [1.29, 1.82) is 0 Å². The summed E-state index contributed by atoms with van der Waals surface area (Å²) in [7, 11) is 0. The number of pyridine rings is 1. The lowest BCUT2D eigenvalue weighted by atomic mass is 9.88. The van der Waals surface area contributed by atoms with E-state index in [0.29, 0.717) is 23.7 Å². The zero-order valence-electron chi connectivity index (χ0n) is 17.0. The standard InChI is InChI=1S/C21H28N4O3/c1-5-7-15-14-10-27-21(3,4)8-13(14)16-17-18(28-20(16)25-15)19(23-11-22-17)24-12(6-2)9-26/h11-12,26H,5-10H2,1-4H3,(H,22,23,24)/t12-/m1/s1. The van der Waals surface area contributed by atoms with Gasteiger partial charge in [0.15, 0.2) is 11.4 Å². The number of rotatable bonds is 6. The molecule has 3 aromatic rings. The average Bonchev–Trinajstić information content (AvgIpc) is 3.04. The van der Waals surface area contributed by atoms with Crippen molar-refractivity contribution < 1.29 is 14.3 Å². The third-order valence-electron chi connectivity index (χ3n) is 5.45. The number of nitrogens with one attached hydrogen (secondary N) is 1. The molecule has 150 valence electrons. The maximum atomic E-state index is 9.55. The first-order valence-electron chi connectivity index (χ1n) is 10.1. The van der Waals surface area contributed by atoms with Crippen molar-refractivity contribution in [2.75, 3.05) is 11.9 Å². The topological polar surface area (TPSA) is 93.3 Å². The molecule has 0 fully saturated rings. The van der Waals surface area contributed by atoms with Crippen LogP contribution in [0.1, 0.15) is 57.4 Å². The van der Waals surface area contributed by atoms with Gasteiger partial charge in [-0.3, -0.25) is 0 Å². The highest BCUT2D eigenvalue weighted by Crippen LogP contribution is 2.39. The minimum absolute atomic E-state index is 0.0298. The molecule has 7 nitrogen and oxygen atoms in total. The van der Waals surface area contributed by atoms with Gasteiger partial charge in [-0.05, 0) is 32.3 Å². The van der Waals surface area contributed by atoms with Crippen LogP contribution in [0, 0.1) is 0 Å². The molecule has 0 unspecified atom stereocenters. The molecule has 2 N–H and O–H groups in total. The molecule has 0 radical (unpaired) electrons. The number of aliphatic hydroxyl groups is 1. The minimum atomic E-state index is -0.243. The molecule has 28 heavy (non-hydrogen) atoms. The van der Waals surface area contributed by atoms with Crippen LogP contribution in [0.4, 0.5) is 5.82 Å². The summed E-state index contributed by atoms with van der Waals surface area (Å²) in [6.45, 7) is 8.98. The summed E-state index contributed by atoms with van der Waals surface area (Å²) < 4.78 is 12.3. The minimum Gasteiger partial charge on any atom is -0.432 e. The third kappa shape index (κ3) is 3.22. The van der Waals surface area contributed by atoms with Gasteiger partial charge in [-0.1, -0.05) is 20.3 Å². The first-order valence-corrected chi connectivity index (χ1v) is 10.1. The number of nitrogens with zero attached hydrogens (tertiary/aromatic N) is 3. The van der Waals surface area contributed by atoms with Crippen LogP contribution in [-0.2, 0) is 24.2 Å². The lowest BCUT2D eigenvalue weighted by Crippen LogP contribution is -2.32. The number of fused-ring (bicyclic) bond motifs is 5. The third-order valence-corrected chi connectivity index (χ3v) is 5.45. The maximum Gasteiger partial charge on any atom is 0.229 e. The largest absolute Gasteiger partial charge is 0.432 e. The molecule has 0 saturated heterocycles. The van der Waals surface area contributed by atoms with Gasteiger partial charge in [0.2, 0.25) is 5.71 Å². The number of hydrogen-bond acceptors (Lipinski definition) is 7. The van der Waals surface area contributed by atoms with E-state index in [1.807, 2.05) is 6.92 Å². The Hall–Kier alpha value is -2.25. The Morgan fingerprint density at radius 3 is 2.79 bits per heavy atom. The quantitative estimate of drug-likeness (QED) is 0.668. The van der Waals surface area contributed by atoms with Crippen LogP contribution in [0.25, 0.3) is 22.2 Å². The molecule has 0 saturated carbocycles. The fourth-order valence-electron chi connectivity index (χ4n) is 3.89. The van der Waals surface area contributed by atoms with Crippen molar-refractivity contribution in [2.24, 2.45) is 0 Å². The lowest BCUT2D eigenvalue weighted by molar-refractivity contribution is -0.0401. The van der Waals surface area contributed by atoms with Gasteiger partial charge in [-0.15, -0.1) is 0 Å². The van der Waals surface area contributed by atoms with E-state index in [1.165, 1.54) is 11.1 Å². The van der Waals surface area contributed by atoms with Gasteiger partial charge in [0.25, 0.3) is 0 Å². The molecule has 0 bridgehead atoms. The summed E-state index contributed by atoms with van der Waals surface area (Å²) >= 11 is 0. The second-order valence-electron chi connectivity index (χ2n) is 8.11. The summed E-state index contributed by atoms with van der Waals surface area (Å²) in [6, 6.07) is -0.0869. The van der Waals surface area contributed by atoms with E-state index in [4.69, 9.17) is 14.1 Å². The van der Waals surface area contributed by atoms with Crippen LogP contribution in [0.3, 0.4) is 0 Å². The predicted octanol–water partition coefficient (Wildman–Crippen LogP) is 3.76. The van der Waals surface area contributed by atoms with E-state index in [0.717, 1.165) is 42.3 Å². The number of ether oxygens (including phenoxy) is 1. The summed E-state index contributed by atoms with van der Waals surface area (Å²) in [5, 5.41) is 13.8. The maximum absolute atomic E-state index is 9.55. The van der Waals surface area contributed by atoms with Gasteiger partial charge < -0.3 is 19.6 Å². The Balaban J connectivity index is 1.96. The van der Waals surface area contributed by atoms with Gasteiger partial charge in [0, 0.05) is 12.0 Å². The molecule has 0 amide bonds. The molecule has 1 atom stereocenters. The van der Waals surface area contributed by atoms with Gasteiger partial charge >= 0.3 is 0 Å². The molecule has 7 heteroatoms. The molecule has 0 spiro atoms. The number of furan rings is 1. The highest BCUT2D eigenvalue weighted by molar-refractivity contribution is 6.06. The van der Waals surface area contributed by atoms with Gasteiger partial charge in [0.05, 0.1) is 35.9 Å². The summed E-state index contributed by atoms with van der Waals surface area (Å²) in [5.41, 5.74) is 5.17. The number of anilines is 1. The summed E-state index contributed by atoms with van der Waals surface area (Å²) in [6.07, 6.45) is 5.00. The zero-order valence-corrected chi connectivity index (χ0v) is 17.0. The van der Waals surface area contributed by atoms with Crippen molar-refractivity contribution in [3.8, 4) is 0 Å². The molecule has 4 rings (SSSR count). The number of hydrogen-bond donors (Lipinski definition) is 2. The number of aliphatic hydroxyl groups excluding tert-OH is 1. The van der Waals surface area contributed by atoms with Crippen molar-refractivity contribution in [2.45, 2.75) is 71.6 Å². The number of aryl methyl sites for hydroxylation is 1. The van der Waals surface area contributed by atoms with Crippen LogP contribution in [0.5, 0.6) is 0 Å². The predicted molar refractivity (Wildman–Crippen MR) is 108 cm³/mol. The van der Waals surface area contributed by atoms with Crippen LogP contribution in [-0.4, -0.2) is 38.3 Å². The fraction of sp³-hybridized carbons (Fsp3) is 0.571. The molecular weight excluding hydrogens is 356 g/mol. The molecule has 0 aliphatic carbocycles. The average molecular weight is 384 g/mol. The van der Waals surface area contributed by atoms with Crippen LogP contribution in [0.2, 0.25) is 0 Å². The van der Waals surface area contributed by atoms with E-state index in [-0.39, 0.29) is 18.2 Å². The summed E-state index contributed by atoms with van der Waals surface area (Å²) in [5.74, 6) is 0.598. The van der Waals surface area contributed by atoms with E-state index >= 15 is 0 Å². The van der Waals surface area contributed by atoms with E-state index in [9.17, 15) is 5.11 Å². The Morgan fingerprint density at radius 1 is 1.25 bits per heavy atom. The molecule has 1 aliphatic rings. The van der Waals surface area contributed by atoms with Crippen LogP contribution >= 0.6 is 0 Å². The van der Waals surface area contributed by atoms with Crippen molar-refractivity contribution in [1.82, 2.24) is 15.0 Å². The highest BCUT2D eigenvalue weighted by Gasteiger charge is 2.32. The second kappa shape index (κ2) is 7.29. The number of aromatic nitrogens is 3. The van der Waals surface area contributed by atoms with E-state index < -0.39 is 0 Å². The van der Waals surface area contributed by atoms with Gasteiger partial charge in [-0.25, -0.2) is 15.0 Å². The second-order valence-corrected chi connectivity index (χ2v) is 8.11. The molecular formula is C21H28N4O3. The Labute approximate surface area is 164 Å². The van der Waals surface area contributed by atoms with Crippen molar-refractivity contribution in [3.05, 3.63) is 23.1 Å². The van der Waals surface area contributed by atoms with E-state index in [2.05, 4.69) is 36.1 Å². The SMILES string of the molecule is CCCc1nc2oc3c(N[C@H](CC)CO)ncnc3c2c2c1COC(C)(C)C2. The van der Waals surface area contributed by atoms with Crippen molar-refractivity contribution >= 4 is 28.0 Å². The smallest absolute Gasteiger partial charge is 0.229 e. The molecule has 0 aromatic carbocycles. The Bertz CT molecular complexity index is 1010. The molecule has 1 aliphatic heterocycles. The highest BCUT2D eigenvalue weighted by atomic mass is 16.5. The first-order chi connectivity index (χ1) is 13.5. The van der Waals surface area contributed by atoms with E-state index in [1.54, 1.807) is 6.33 Å².